The number of aryl methyl sites for hydroxylation is 2. The minimum Gasteiger partial charge on any atom is -0.497 e. The summed E-state index contributed by atoms with van der Waals surface area (Å²) in [4.78, 5) is 24.8. The number of ether oxygens (including phenoxy) is 3. The number of aromatic nitrogens is 2. The molecule has 0 aliphatic heterocycles. The Kier molecular flexibility index (Phi) is 5.86. The third-order valence-electron chi connectivity index (χ3n) is 4.04. The van der Waals surface area contributed by atoms with Gasteiger partial charge in [0.05, 0.1) is 31.3 Å². The second kappa shape index (κ2) is 7.90. The van der Waals surface area contributed by atoms with E-state index < -0.39 is 18.0 Å². The predicted octanol–water partition coefficient (Wildman–Crippen LogP) is 2.24. The van der Waals surface area contributed by atoms with Crippen molar-refractivity contribution in [1.29, 1.82) is 0 Å². The van der Waals surface area contributed by atoms with Crippen molar-refractivity contribution in [2.75, 3.05) is 19.5 Å². The van der Waals surface area contributed by atoms with Gasteiger partial charge >= 0.3 is 5.97 Å². The van der Waals surface area contributed by atoms with Gasteiger partial charge in [0.1, 0.15) is 17.1 Å². The lowest BCUT2D eigenvalue weighted by atomic mass is 10.2. The standard InChI is InChI=1S/C18H23N3O5/c1-10-16(11(2)21(4)20-10)19-17(22)12(3)26-18(23)14-8-7-13(24-5)9-15(14)25-6/h7-9,12H,1-6H3,(H,19,22)/t12-/m0/s1. The van der Waals surface area contributed by atoms with Crippen molar-refractivity contribution in [2.45, 2.75) is 26.9 Å². The molecule has 2 aromatic rings. The zero-order chi connectivity index (χ0) is 19.4. The average molecular weight is 361 g/mol. The molecule has 0 unspecified atom stereocenters. The Morgan fingerprint density at radius 3 is 2.42 bits per heavy atom. The number of benzene rings is 1. The molecule has 0 radical (unpaired) electrons. The van der Waals surface area contributed by atoms with E-state index in [1.54, 1.807) is 30.8 Å². The fraction of sp³-hybridized carbons (Fsp3) is 0.389. The summed E-state index contributed by atoms with van der Waals surface area (Å²) in [7, 11) is 4.74. The van der Waals surface area contributed by atoms with Gasteiger partial charge in [-0.15, -0.1) is 0 Å². The number of hydrogen-bond donors (Lipinski definition) is 1. The summed E-state index contributed by atoms with van der Waals surface area (Å²) >= 11 is 0. The van der Waals surface area contributed by atoms with Crippen molar-refractivity contribution in [1.82, 2.24) is 9.78 Å². The first kappa shape index (κ1) is 19.3. The van der Waals surface area contributed by atoms with Crippen molar-refractivity contribution < 1.29 is 23.8 Å². The molecule has 1 heterocycles. The number of esters is 1. The minimum absolute atomic E-state index is 0.210. The van der Waals surface area contributed by atoms with Crippen LogP contribution in [0.1, 0.15) is 28.7 Å². The lowest BCUT2D eigenvalue weighted by Gasteiger charge is -2.15. The quantitative estimate of drug-likeness (QED) is 0.794. The number of carbonyl (C=O) groups excluding carboxylic acids is 2. The first-order valence-electron chi connectivity index (χ1n) is 8.02. The molecule has 0 fully saturated rings. The van der Waals surface area contributed by atoms with E-state index in [9.17, 15) is 9.59 Å². The van der Waals surface area contributed by atoms with Gasteiger partial charge in [-0.05, 0) is 32.9 Å². The molecule has 0 aliphatic rings. The molecule has 1 N–H and O–H groups in total. The Morgan fingerprint density at radius 2 is 1.88 bits per heavy atom. The molecule has 0 spiro atoms. The number of carbonyl (C=O) groups is 2. The number of rotatable bonds is 6. The van der Waals surface area contributed by atoms with E-state index in [1.165, 1.54) is 27.2 Å². The Hall–Kier alpha value is -3.03. The highest BCUT2D eigenvalue weighted by Crippen LogP contribution is 2.25. The molecule has 8 nitrogen and oxygen atoms in total. The topological polar surface area (TPSA) is 91.7 Å². The van der Waals surface area contributed by atoms with Crippen LogP contribution in [0.5, 0.6) is 11.5 Å². The third-order valence-corrected chi connectivity index (χ3v) is 4.04. The van der Waals surface area contributed by atoms with E-state index >= 15 is 0 Å². The largest absolute Gasteiger partial charge is 0.497 e. The van der Waals surface area contributed by atoms with E-state index in [1.807, 2.05) is 6.92 Å². The van der Waals surface area contributed by atoms with Crippen LogP contribution in [0, 0.1) is 13.8 Å². The van der Waals surface area contributed by atoms with Crippen molar-refractivity contribution in [3.8, 4) is 11.5 Å². The van der Waals surface area contributed by atoms with Gasteiger partial charge in [-0.3, -0.25) is 9.48 Å². The maximum absolute atomic E-state index is 12.4. The van der Waals surface area contributed by atoms with Gasteiger partial charge in [0.25, 0.3) is 5.91 Å². The Balaban J connectivity index is 2.10. The zero-order valence-corrected chi connectivity index (χ0v) is 15.7. The molecule has 8 heteroatoms. The van der Waals surface area contributed by atoms with Crippen LogP contribution in [-0.2, 0) is 16.6 Å². The van der Waals surface area contributed by atoms with Gasteiger partial charge in [-0.1, -0.05) is 0 Å². The highest BCUT2D eigenvalue weighted by molar-refractivity contribution is 5.99. The second-order valence-electron chi connectivity index (χ2n) is 5.77. The number of methoxy groups -OCH3 is 2. The Morgan fingerprint density at radius 1 is 1.19 bits per heavy atom. The molecule has 1 aromatic heterocycles. The Labute approximate surface area is 152 Å². The lowest BCUT2D eigenvalue weighted by Crippen LogP contribution is -2.30. The van der Waals surface area contributed by atoms with E-state index in [-0.39, 0.29) is 5.56 Å². The molecular formula is C18H23N3O5. The van der Waals surface area contributed by atoms with Crippen LogP contribution in [0.2, 0.25) is 0 Å². The molecule has 1 amide bonds. The van der Waals surface area contributed by atoms with Crippen LogP contribution >= 0.6 is 0 Å². The van der Waals surface area contributed by atoms with Gasteiger partial charge in [-0.25, -0.2) is 4.79 Å². The highest BCUT2D eigenvalue weighted by atomic mass is 16.5. The monoisotopic (exact) mass is 361 g/mol. The summed E-state index contributed by atoms with van der Waals surface area (Å²) in [6, 6.07) is 4.72. The van der Waals surface area contributed by atoms with Gasteiger partial charge < -0.3 is 19.5 Å². The van der Waals surface area contributed by atoms with Crippen LogP contribution in [0.3, 0.4) is 0 Å². The number of nitrogens with one attached hydrogen (secondary N) is 1. The normalized spacial score (nSPS) is 11.6. The summed E-state index contributed by atoms with van der Waals surface area (Å²) < 4.78 is 17.2. The summed E-state index contributed by atoms with van der Waals surface area (Å²) in [5.41, 5.74) is 2.32. The smallest absolute Gasteiger partial charge is 0.342 e. The summed E-state index contributed by atoms with van der Waals surface area (Å²) in [6.07, 6.45) is -0.992. The average Bonchev–Trinajstić information content (AvgIpc) is 2.86. The molecule has 2 rings (SSSR count). The van der Waals surface area contributed by atoms with Gasteiger partial charge in [0.2, 0.25) is 0 Å². The minimum atomic E-state index is -0.992. The van der Waals surface area contributed by atoms with Gasteiger partial charge in [0, 0.05) is 13.1 Å². The molecule has 1 atom stereocenters. The zero-order valence-electron chi connectivity index (χ0n) is 15.7. The van der Waals surface area contributed by atoms with Crippen molar-refractivity contribution in [3.63, 3.8) is 0 Å². The molecule has 26 heavy (non-hydrogen) atoms. The molecular weight excluding hydrogens is 338 g/mol. The van der Waals surface area contributed by atoms with Crippen molar-refractivity contribution in [2.24, 2.45) is 7.05 Å². The van der Waals surface area contributed by atoms with Gasteiger partial charge in [-0.2, -0.15) is 5.10 Å². The maximum atomic E-state index is 12.4. The van der Waals surface area contributed by atoms with Crippen molar-refractivity contribution >= 4 is 17.6 Å². The molecule has 140 valence electrons. The first-order valence-corrected chi connectivity index (χ1v) is 8.02. The predicted molar refractivity (Wildman–Crippen MR) is 95.7 cm³/mol. The van der Waals surface area contributed by atoms with Crippen LogP contribution in [0.15, 0.2) is 18.2 Å². The van der Waals surface area contributed by atoms with Crippen molar-refractivity contribution in [3.05, 3.63) is 35.2 Å². The molecule has 1 aromatic carbocycles. The third kappa shape index (κ3) is 3.96. The second-order valence-corrected chi connectivity index (χ2v) is 5.77. The van der Waals surface area contributed by atoms with Gasteiger partial charge in [0.15, 0.2) is 6.10 Å². The summed E-state index contributed by atoms with van der Waals surface area (Å²) in [5.74, 6) is -0.246. The fourth-order valence-electron chi connectivity index (χ4n) is 2.42. The number of nitrogens with zero attached hydrogens (tertiary/aromatic N) is 2. The highest BCUT2D eigenvalue weighted by Gasteiger charge is 2.23. The lowest BCUT2D eigenvalue weighted by molar-refractivity contribution is -0.123. The molecule has 0 aliphatic carbocycles. The maximum Gasteiger partial charge on any atom is 0.342 e. The summed E-state index contributed by atoms with van der Waals surface area (Å²) in [6.45, 7) is 5.14. The molecule has 0 saturated heterocycles. The number of amides is 1. The molecule has 0 saturated carbocycles. The Bertz CT molecular complexity index is 828. The van der Waals surface area contributed by atoms with Crippen LogP contribution in [0.4, 0.5) is 5.69 Å². The van der Waals surface area contributed by atoms with E-state index in [0.29, 0.717) is 22.9 Å². The number of hydrogen-bond acceptors (Lipinski definition) is 6. The van der Waals surface area contributed by atoms with E-state index in [0.717, 1.165) is 5.69 Å². The fourth-order valence-corrected chi connectivity index (χ4v) is 2.42. The first-order chi connectivity index (χ1) is 12.3. The van der Waals surface area contributed by atoms with Crippen LogP contribution in [-0.4, -0.2) is 42.0 Å². The van der Waals surface area contributed by atoms with E-state index in [2.05, 4.69) is 10.4 Å². The number of anilines is 1. The van der Waals surface area contributed by atoms with Crippen LogP contribution in [0.25, 0.3) is 0 Å². The summed E-state index contributed by atoms with van der Waals surface area (Å²) in [5, 5.41) is 6.99. The molecule has 0 bridgehead atoms. The van der Waals surface area contributed by atoms with E-state index in [4.69, 9.17) is 14.2 Å². The van der Waals surface area contributed by atoms with Crippen LogP contribution < -0.4 is 14.8 Å². The SMILES string of the molecule is COc1ccc(C(=O)O[C@@H](C)C(=O)Nc2c(C)nn(C)c2C)c(OC)c1.